The van der Waals surface area contributed by atoms with Gasteiger partial charge in [-0.15, -0.1) is 0 Å². The van der Waals surface area contributed by atoms with E-state index in [0.29, 0.717) is 11.3 Å². The zero-order chi connectivity index (χ0) is 19.5. The largest absolute Gasteiger partial charge is 0.479 e. The van der Waals surface area contributed by atoms with Crippen LogP contribution in [0.15, 0.2) is 30.6 Å². The van der Waals surface area contributed by atoms with E-state index in [2.05, 4.69) is 15.7 Å². The van der Waals surface area contributed by atoms with Crippen LogP contribution in [-0.4, -0.2) is 39.2 Å². The molecule has 8 nitrogen and oxygen atoms in total. The van der Waals surface area contributed by atoms with Gasteiger partial charge in [-0.1, -0.05) is 6.07 Å². The molecule has 3 N–H and O–H groups in total. The van der Waals surface area contributed by atoms with E-state index in [-0.39, 0.29) is 12.5 Å². The maximum Gasteiger partial charge on any atom is 0.331 e. The normalized spacial score (nSPS) is 11.1. The molecule has 0 bridgehead atoms. The third-order valence-electron chi connectivity index (χ3n) is 4.14. The Labute approximate surface area is 151 Å². The predicted molar refractivity (Wildman–Crippen MR) is 96.1 cm³/mol. The third kappa shape index (κ3) is 4.27. The van der Waals surface area contributed by atoms with Crippen LogP contribution in [0.4, 0.5) is 5.69 Å². The molecule has 0 unspecified atom stereocenters. The van der Waals surface area contributed by atoms with E-state index in [9.17, 15) is 19.5 Å². The molecular weight excluding hydrogens is 336 g/mol. The standard InChI is InChI=1S/C18H22N4O4/c1-11-5-6-13(7-12(11)2)16(24)19-9-15(23)21-14-8-20-22(10-14)18(3,4)17(25)26/h5-8,10H,9H2,1-4H3,(H,19,24)(H,21,23)(H,25,26). The Morgan fingerprint density at radius 3 is 2.50 bits per heavy atom. The van der Waals surface area contributed by atoms with Crippen molar-refractivity contribution in [3.05, 3.63) is 47.3 Å². The summed E-state index contributed by atoms with van der Waals surface area (Å²) in [5.41, 5.74) is 1.68. The monoisotopic (exact) mass is 358 g/mol. The highest BCUT2D eigenvalue weighted by atomic mass is 16.4. The summed E-state index contributed by atoms with van der Waals surface area (Å²) in [5, 5.41) is 18.3. The fourth-order valence-corrected chi connectivity index (χ4v) is 2.14. The second kappa shape index (κ2) is 7.38. The second-order valence-corrected chi connectivity index (χ2v) is 6.57. The first-order chi connectivity index (χ1) is 12.1. The highest BCUT2D eigenvalue weighted by molar-refractivity contribution is 5.99. The highest BCUT2D eigenvalue weighted by Crippen LogP contribution is 2.17. The zero-order valence-electron chi connectivity index (χ0n) is 15.2. The summed E-state index contributed by atoms with van der Waals surface area (Å²) in [6.45, 7) is 6.65. The summed E-state index contributed by atoms with van der Waals surface area (Å²) in [6.07, 6.45) is 2.78. The number of aryl methyl sites for hydroxylation is 2. The fraction of sp³-hybridized carbons (Fsp3) is 0.333. The number of hydrogen-bond donors (Lipinski definition) is 3. The van der Waals surface area contributed by atoms with E-state index in [4.69, 9.17) is 0 Å². The number of hydrogen-bond acceptors (Lipinski definition) is 4. The molecule has 0 saturated carbocycles. The lowest BCUT2D eigenvalue weighted by Gasteiger charge is -2.19. The lowest BCUT2D eigenvalue weighted by Crippen LogP contribution is -2.36. The van der Waals surface area contributed by atoms with Crippen LogP contribution in [0, 0.1) is 13.8 Å². The van der Waals surface area contributed by atoms with Crippen molar-refractivity contribution < 1.29 is 19.5 Å². The van der Waals surface area contributed by atoms with Crippen LogP contribution in [0.2, 0.25) is 0 Å². The molecule has 0 aliphatic heterocycles. The lowest BCUT2D eigenvalue weighted by atomic mass is 10.1. The number of benzene rings is 1. The van der Waals surface area contributed by atoms with E-state index in [1.54, 1.807) is 12.1 Å². The van der Waals surface area contributed by atoms with Crippen LogP contribution in [0.25, 0.3) is 0 Å². The minimum Gasteiger partial charge on any atom is -0.479 e. The number of carboxylic acids is 1. The molecule has 26 heavy (non-hydrogen) atoms. The quantitative estimate of drug-likeness (QED) is 0.727. The Hall–Kier alpha value is -3.16. The Kier molecular flexibility index (Phi) is 5.44. The maximum absolute atomic E-state index is 12.1. The molecular formula is C18H22N4O4. The number of amides is 2. The van der Waals surface area contributed by atoms with Crippen LogP contribution in [0.1, 0.15) is 35.3 Å². The zero-order valence-corrected chi connectivity index (χ0v) is 15.2. The molecule has 0 fully saturated rings. The molecule has 1 aromatic heterocycles. The van der Waals surface area contributed by atoms with E-state index in [1.807, 2.05) is 19.9 Å². The highest BCUT2D eigenvalue weighted by Gasteiger charge is 2.30. The molecule has 2 amide bonds. The first kappa shape index (κ1) is 19.2. The van der Waals surface area contributed by atoms with Gasteiger partial charge in [-0.25, -0.2) is 4.79 Å². The Balaban J connectivity index is 1.93. The molecule has 0 aliphatic carbocycles. The summed E-state index contributed by atoms with van der Waals surface area (Å²) in [5.74, 6) is -1.82. The van der Waals surface area contributed by atoms with E-state index >= 15 is 0 Å². The molecule has 8 heteroatoms. The van der Waals surface area contributed by atoms with Crippen LogP contribution in [0.5, 0.6) is 0 Å². The van der Waals surface area contributed by atoms with Gasteiger partial charge in [0.25, 0.3) is 5.91 Å². The van der Waals surface area contributed by atoms with Crippen molar-refractivity contribution in [2.75, 3.05) is 11.9 Å². The summed E-state index contributed by atoms with van der Waals surface area (Å²) in [4.78, 5) is 35.3. The number of rotatable bonds is 6. The maximum atomic E-state index is 12.1. The van der Waals surface area contributed by atoms with Crippen molar-refractivity contribution >= 4 is 23.5 Å². The van der Waals surface area contributed by atoms with Gasteiger partial charge in [0, 0.05) is 11.8 Å². The molecule has 2 aromatic rings. The van der Waals surface area contributed by atoms with Gasteiger partial charge in [-0.05, 0) is 51.0 Å². The van der Waals surface area contributed by atoms with Crippen LogP contribution >= 0.6 is 0 Å². The van der Waals surface area contributed by atoms with Crippen LogP contribution in [-0.2, 0) is 15.1 Å². The van der Waals surface area contributed by atoms with Gasteiger partial charge < -0.3 is 15.7 Å². The van der Waals surface area contributed by atoms with Crippen molar-refractivity contribution in [1.29, 1.82) is 0 Å². The summed E-state index contributed by atoms with van der Waals surface area (Å²) < 4.78 is 1.25. The van der Waals surface area contributed by atoms with Crippen molar-refractivity contribution in [1.82, 2.24) is 15.1 Å². The fourth-order valence-electron chi connectivity index (χ4n) is 2.14. The van der Waals surface area contributed by atoms with Crippen molar-refractivity contribution in [2.24, 2.45) is 0 Å². The smallest absolute Gasteiger partial charge is 0.331 e. The minimum atomic E-state index is -1.24. The van der Waals surface area contributed by atoms with Crippen molar-refractivity contribution in [3.63, 3.8) is 0 Å². The SMILES string of the molecule is Cc1ccc(C(=O)NCC(=O)Nc2cnn(C(C)(C)C(=O)O)c2)cc1C. The van der Waals surface area contributed by atoms with Crippen LogP contribution < -0.4 is 10.6 Å². The van der Waals surface area contributed by atoms with Crippen LogP contribution in [0.3, 0.4) is 0 Å². The molecule has 1 heterocycles. The number of carbonyl (C=O) groups is 3. The number of anilines is 1. The van der Waals surface area contributed by atoms with Crippen molar-refractivity contribution in [3.8, 4) is 0 Å². The molecule has 1 aromatic carbocycles. The molecule has 0 spiro atoms. The van der Waals surface area contributed by atoms with Gasteiger partial charge in [0.15, 0.2) is 5.54 Å². The van der Waals surface area contributed by atoms with Gasteiger partial charge in [-0.2, -0.15) is 5.10 Å². The van der Waals surface area contributed by atoms with Gasteiger partial charge >= 0.3 is 5.97 Å². The van der Waals surface area contributed by atoms with E-state index in [1.165, 1.54) is 30.9 Å². The minimum absolute atomic E-state index is 0.209. The molecule has 0 radical (unpaired) electrons. The average molecular weight is 358 g/mol. The first-order valence-electron chi connectivity index (χ1n) is 8.05. The third-order valence-corrected chi connectivity index (χ3v) is 4.14. The topological polar surface area (TPSA) is 113 Å². The van der Waals surface area contributed by atoms with Gasteiger partial charge in [0.05, 0.1) is 18.4 Å². The van der Waals surface area contributed by atoms with Gasteiger partial charge in [0.2, 0.25) is 5.91 Å². The number of nitrogens with one attached hydrogen (secondary N) is 2. The second-order valence-electron chi connectivity index (χ2n) is 6.57. The van der Waals surface area contributed by atoms with Crippen molar-refractivity contribution in [2.45, 2.75) is 33.2 Å². The number of aliphatic carboxylic acids is 1. The molecule has 0 saturated heterocycles. The molecule has 138 valence electrons. The van der Waals surface area contributed by atoms with Gasteiger partial charge in [0.1, 0.15) is 0 Å². The van der Waals surface area contributed by atoms with E-state index in [0.717, 1.165) is 11.1 Å². The predicted octanol–water partition coefficient (Wildman–Crippen LogP) is 1.69. The van der Waals surface area contributed by atoms with E-state index < -0.39 is 17.4 Å². The number of nitrogens with zero attached hydrogens (tertiary/aromatic N) is 2. The summed E-state index contributed by atoms with van der Waals surface area (Å²) >= 11 is 0. The number of aromatic nitrogens is 2. The Morgan fingerprint density at radius 1 is 1.19 bits per heavy atom. The Bertz CT molecular complexity index is 855. The Morgan fingerprint density at radius 2 is 1.88 bits per heavy atom. The number of carboxylic acid groups (broad SMARTS) is 1. The molecule has 0 atom stereocenters. The summed E-state index contributed by atoms with van der Waals surface area (Å²) in [7, 11) is 0. The molecule has 2 rings (SSSR count). The molecule has 0 aliphatic rings. The van der Waals surface area contributed by atoms with Gasteiger partial charge in [-0.3, -0.25) is 14.3 Å². The lowest BCUT2D eigenvalue weighted by molar-refractivity contribution is -0.146. The summed E-state index contributed by atoms with van der Waals surface area (Å²) in [6, 6.07) is 5.32. The number of carbonyl (C=O) groups excluding carboxylic acids is 2. The average Bonchev–Trinajstić information content (AvgIpc) is 3.04. The first-order valence-corrected chi connectivity index (χ1v) is 8.05.